The minimum absolute atomic E-state index is 0.435. The Balaban J connectivity index is 0.000000113. The fourth-order valence-corrected chi connectivity index (χ4v) is 18.4. The summed E-state index contributed by atoms with van der Waals surface area (Å²) in [6.07, 6.45) is 0. The third kappa shape index (κ3) is 17.9. The first-order valence-electron chi connectivity index (χ1n) is 46.5. The first-order chi connectivity index (χ1) is 73.7. The van der Waals surface area contributed by atoms with E-state index in [0.29, 0.717) is 160 Å². The van der Waals surface area contributed by atoms with E-state index in [9.17, 15) is 0 Å². The summed E-state index contributed by atoms with van der Waals surface area (Å²) in [4.78, 5) is 118. The maximum absolute atomic E-state index is 8.57. The van der Waals surface area contributed by atoms with Gasteiger partial charge in [0.15, 0.2) is 0 Å². The molecule has 0 aliphatic carbocycles. The molecule has 0 unspecified atom stereocenters. The molecule has 31 nitrogen and oxygen atoms in total. The molecule has 6 aliphatic heterocycles. The second-order valence-corrected chi connectivity index (χ2v) is 34.5. The molecule has 150 heavy (non-hydrogen) atoms. The quantitative estimate of drug-likeness (QED) is 0.127. The Kier molecular flexibility index (Phi) is 26.1. The predicted octanol–water partition coefficient (Wildman–Crippen LogP) is 22.1. The van der Waals surface area contributed by atoms with E-state index in [1.807, 2.05) is 274 Å². The number of nitrogens with zero attached hydrogens (tertiary/aromatic N) is 28. The molecule has 23 aromatic rings. The Morgan fingerprint density at radius 2 is 0.300 bits per heavy atom. The van der Waals surface area contributed by atoms with Crippen molar-refractivity contribution in [1.29, 1.82) is 21.0 Å². The van der Waals surface area contributed by atoms with Gasteiger partial charge in [-0.2, -0.15) is 21.0 Å². The fourth-order valence-electron chi connectivity index (χ4n) is 18.4. The van der Waals surface area contributed by atoms with Crippen molar-refractivity contribution < 1.29 is 71.2 Å². The van der Waals surface area contributed by atoms with E-state index in [0.717, 1.165) is 215 Å². The standard InChI is InChI=1S/C34H20N8.C33H18N8.C32H16N8.C9H6N2.C8H4N2.3O.3Ti/c1-17-11-13-23-25(15-17)33-39-29-21-9-5-3-7-19(21)28(35-29)38-32-24-14-12-18(2)16-26(24)34(42-32)40-30-22-10-6-4-8-20(22)27(36-30)37-31(23)41-33;1-17-14-15-24-25(16-17)33-40-31-23-13-7-6-12-22(23)29(38-31)36-27-19-9-3-2-8-18(19)26(34-27)35-28-20-10-4-5-11-21(20)30(37-28)39-32(24)41-33;1-2-10-18-17(9-1)25-33-26(18)38-28-21-13-5-6-14-22(21)30(35-28)40-32-24-16-8-7-15-23(24)31(36-32)39-29-20-12-4-3-11-19(20)27(34-29)37-25;1-7-2-3-8(5-10)9(4-7)6-11;9-5-7-3-1-2-4-8(7)6-10;;;;;;/h3-16H,1-2H3;2-16H,1H3;1-16H;2-4H,1H3;1-4H;;;;;;/q3*-2;;;;;;3*+2. The first kappa shape index (κ1) is 95.5. The average Bonchev–Trinajstić information content (AvgIpc) is 1.61. The zero-order valence-electron chi connectivity index (χ0n) is 79.3. The monoisotopic (exact) mass is 2040 g/mol. The Hall–Kier alpha value is -19.3. The van der Waals surface area contributed by atoms with Crippen molar-refractivity contribution in [3.63, 3.8) is 0 Å². The maximum Gasteiger partial charge on any atom is 0.0927 e. The molecule has 0 radical (unpaired) electrons. The summed E-state index contributed by atoms with van der Waals surface area (Å²) < 4.78 is 24.8. The Morgan fingerprint density at radius 3 is 0.480 bits per heavy atom. The van der Waals surface area contributed by atoms with Crippen LogP contribution in [0.1, 0.15) is 44.5 Å². The van der Waals surface area contributed by atoms with E-state index in [2.05, 4.69) is 57.2 Å². The van der Waals surface area contributed by atoms with Crippen molar-refractivity contribution in [3.05, 3.63) is 360 Å². The van der Waals surface area contributed by atoms with E-state index in [1.165, 1.54) is 0 Å². The minimum atomic E-state index is 0.435. The fraction of sp³-hybridized carbons (Fsp3) is 0.0345. The number of hydrogen-bond acceptors (Lipinski definition) is 25. The molecule has 0 N–H and O–H groups in total. The van der Waals surface area contributed by atoms with E-state index < -0.39 is 0 Å². The molecule has 14 aromatic carbocycles. The number of aromatic nitrogens is 24. The van der Waals surface area contributed by atoms with Crippen molar-refractivity contribution in [1.82, 2.24) is 120 Å². The Morgan fingerprint density at radius 1 is 0.160 bits per heavy atom. The molecular formula is C116H64N28O3Ti3. The molecule has 15 heterocycles. The van der Waals surface area contributed by atoms with Crippen LogP contribution < -0.4 is 29.9 Å². The van der Waals surface area contributed by atoms with Crippen LogP contribution in [0.15, 0.2) is 315 Å². The largest absolute Gasteiger partial charge is 0.357 e. The van der Waals surface area contributed by atoms with Gasteiger partial charge in [0.2, 0.25) is 0 Å². The number of rotatable bonds is 0. The predicted molar refractivity (Wildman–Crippen MR) is 555 cm³/mol. The molecule has 34 heteroatoms. The summed E-state index contributed by atoms with van der Waals surface area (Å²) in [5, 5.41) is 44.8. The Bertz CT molecular complexity index is 9810. The summed E-state index contributed by atoms with van der Waals surface area (Å²) in [5.41, 5.74) is 23.5. The number of nitriles is 4. The summed E-state index contributed by atoms with van der Waals surface area (Å²) >= 11 is 2.25. The van der Waals surface area contributed by atoms with Gasteiger partial charge < -0.3 is 89.7 Å². The van der Waals surface area contributed by atoms with Crippen molar-refractivity contribution in [2.75, 3.05) is 0 Å². The molecule has 24 bridgehead atoms. The molecule has 0 saturated carbocycles. The van der Waals surface area contributed by atoms with E-state index in [-0.39, 0.29) is 0 Å². The van der Waals surface area contributed by atoms with Crippen LogP contribution in [-0.2, 0) is 71.2 Å². The molecule has 0 amide bonds. The Labute approximate surface area is 885 Å². The van der Waals surface area contributed by atoms with Crippen LogP contribution in [0.25, 0.3) is 269 Å². The first-order valence-corrected chi connectivity index (χ1v) is 48.4. The molecule has 0 atom stereocenters. The van der Waals surface area contributed by atoms with Crippen LogP contribution in [0, 0.1) is 73.0 Å². The second kappa shape index (κ2) is 41.1. The van der Waals surface area contributed by atoms with Crippen LogP contribution >= 0.6 is 0 Å². The zero-order valence-corrected chi connectivity index (χ0v) is 84.0. The smallest absolute Gasteiger partial charge is 0.0927 e. The molecule has 9 aromatic heterocycles. The summed E-state index contributed by atoms with van der Waals surface area (Å²) in [6.45, 7) is 8.06. The minimum Gasteiger partial charge on any atom is -0.357 e. The third-order valence-corrected chi connectivity index (χ3v) is 25.3. The summed E-state index contributed by atoms with van der Waals surface area (Å²) in [5.74, 6) is 6.64. The molecule has 29 rings (SSSR count). The van der Waals surface area contributed by atoms with Gasteiger partial charge in [-0.1, -0.05) is 308 Å². The van der Waals surface area contributed by atoms with E-state index >= 15 is 0 Å². The molecular weight excluding hydrogens is 1980 g/mol. The van der Waals surface area contributed by atoms with Crippen LogP contribution in [0.5, 0.6) is 0 Å². The van der Waals surface area contributed by atoms with Gasteiger partial charge in [-0.05, 0) is 122 Å². The van der Waals surface area contributed by atoms with Gasteiger partial charge in [-0.15, -0.1) is 0 Å². The molecule has 6 aliphatic rings. The van der Waals surface area contributed by atoms with Crippen LogP contribution in [0.4, 0.5) is 0 Å². The summed E-state index contributed by atoms with van der Waals surface area (Å²) in [6, 6.07) is 110. The zero-order chi connectivity index (χ0) is 103. The second-order valence-electron chi connectivity index (χ2n) is 34.5. The van der Waals surface area contributed by atoms with Gasteiger partial charge in [0, 0.05) is 135 Å². The molecule has 698 valence electrons. The van der Waals surface area contributed by atoms with Gasteiger partial charge in [0.1, 0.15) is 24.3 Å². The van der Waals surface area contributed by atoms with Crippen molar-refractivity contribution in [2.24, 2.45) is 0 Å². The van der Waals surface area contributed by atoms with Gasteiger partial charge in [-0.25, -0.2) is 29.9 Å². The van der Waals surface area contributed by atoms with Gasteiger partial charge in [0.05, 0.1) is 92.1 Å². The normalized spacial score (nSPS) is 11.1. The van der Waals surface area contributed by atoms with Crippen LogP contribution in [0.3, 0.4) is 0 Å². The molecule has 0 fully saturated rings. The van der Waals surface area contributed by atoms with Gasteiger partial charge >= 0.3 is 71.2 Å². The number of benzene rings is 14. The number of fused-ring (bicyclic) bond motifs is 60. The van der Waals surface area contributed by atoms with Crippen LogP contribution in [0.2, 0.25) is 0 Å². The maximum atomic E-state index is 8.57. The van der Waals surface area contributed by atoms with Crippen LogP contribution in [-0.4, -0.2) is 89.7 Å². The SMILES string of the molecule is Cc1ccc(C#N)c(C#N)c1.Cc1ccc2c3nc4nc(nc5[n-]c(nc6nc(nc([n-]3)c2c1)-c1ccccc1-6)c1ccc(C)cc51)-c1ccccc1-4.Cc1ccc2c3nc4nc(nc5[n-]c(nc6nc(nc([n-]3)c2c1)-c1ccccc1-6)c1ccccc51)-c1ccccc1-4.N#Cc1ccccc1C#N.[O]=[Ti+2].[O]=[Ti+2].[O]=[Ti+2].c1ccc2c(c1)-c1nc-2nc2[n-]c(nc3nc(nc4[n-]c(n1)c1ccccc41)-c1ccccc1-3)c1ccccc21. The molecule has 0 spiro atoms. The van der Waals surface area contributed by atoms with Gasteiger partial charge in [0.25, 0.3) is 0 Å². The third-order valence-electron chi connectivity index (χ3n) is 25.3. The van der Waals surface area contributed by atoms with Crippen molar-refractivity contribution in [2.45, 2.75) is 27.7 Å². The number of aryl methyl sites for hydroxylation is 4. The average molecular weight is 2040 g/mol. The van der Waals surface area contributed by atoms with Crippen molar-refractivity contribution >= 4 is 132 Å². The van der Waals surface area contributed by atoms with E-state index in [4.69, 9.17) is 151 Å². The number of hydrogen-bond donors (Lipinski definition) is 0. The van der Waals surface area contributed by atoms with Gasteiger partial charge in [-0.3, -0.25) is 0 Å². The van der Waals surface area contributed by atoms with E-state index in [1.54, 1.807) is 36.4 Å². The summed E-state index contributed by atoms with van der Waals surface area (Å²) in [7, 11) is 0. The topological polar surface area (TPSA) is 463 Å². The van der Waals surface area contributed by atoms with Crippen molar-refractivity contribution in [3.8, 4) is 161 Å². The molecule has 0 saturated heterocycles.